The molecule has 0 bridgehead atoms. The van der Waals surface area contributed by atoms with Crippen LogP contribution in [0.5, 0.6) is 0 Å². The molecule has 28 heavy (non-hydrogen) atoms. The van der Waals surface area contributed by atoms with Gasteiger partial charge in [-0.2, -0.15) is 0 Å². The molecule has 0 spiro atoms. The van der Waals surface area contributed by atoms with Crippen LogP contribution in [0.4, 0.5) is 0 Å². The molecule has 2 rings (SSSR count). The number of amides is 2. The summed E-state index contributed by atoms with van der Waals surface area (Å²) in [6.07, 6.45) is 0.940. The Morgan fingerprint density at radius 1 is 0.929 bits per heavy atom. The number of carbonyl (C=O) groups excluding carboxylic acids is 2. The van der Waals surface area contributed by atoms with Gasteiger partial charge in [0.25, 0.3) is 0 Å². The van der Waals surface area contributed by atoms with Gasteiger partial charge in [-0.05, 0) is 50.8 Å². The SMILES string of the molecule is CCC(C)NC(=O)CN1CCN(CC(=O)NC(C)c2ccc(C)c(C)c2)CC1. The second-order valence-corrected chi connectivity index (χ2v) is 8.06. The van der Waals surface area contributed by atoms with Gasteiger partial charge in [-0.3, -0.25) is 19.4 Å². The van der Waals surface area contributed by atoms with E-state index < -0.39 is 0 Å². The highest BCUT2D eigenvalue weighted by molar-refractivity contribution is 5.79. The van der Waals surface area contributed by atoms with Crippen LogP contribution in [0.2, 0.25) is 0 Å². The summed E-state index contributed by atoms with van der Waals surface area (Å²) in [6, 6.07) is 6.54. The molecular formula is C22H36N4O2. The quantitative estimate of drug-likeness (QED) is 0.715. The highest BCUT2D eigenvalue weighted by Gasteiger charge is 2.21. The number of aryl methyl sites for hydroxylation is 2. The molecular weight excluding hydrogens is 352 g/mol. The van der Waals surface area contributed by atoms with E-state index in [1.54, 1.807) is 0 Å². The van der Waals surface area contributed by atoms with Gasteiger partial charge in [-0.15, -0.1) is 0 Å². The Balaban J connectivity index is 1.72. The van der Waals surface area contributed by atoms with Crippen LogP contribution in [0.1, 0.15) is 49.9 Å². The van der Waals surface area contributed by atoms with Gasteiger partial charge >= 0.3 is 0 Å². The van der Waals surface area contributed by atoms with E-state index in [2.05, 4.69) is 59.4 Å². The monoisotopic (exact) mass is 388 g/mol. The molecule has 1 aromatic rings. The largest absolute Gasteiger partial charge is 0.353 e. The first kappa shape index (κ1) is 22.4. The van der Waals surface area contributed by atoms with Gasteiger partial charge in [0.05, 0.1) is 19.1 Å². The predicted octanol–water partition coefficient (Wildman–Crippen LogP) is 2.01. The molecule has 2 atom stereocenters. The third-order valence-corrected chi connectivity index (χ3v) is 5.63. The van der Waals surface area contributed by atoms with E-state index in [9.17, 15) is 9.59 Å². The molecule has 1 aliphatic heterocycles. The molecule has 2 unspecified atom stereocenters. The standard InChI is InChI=1S/C22H36N4O2/c1-6-18(4)23-21(27)14-25-9-11-26(12-10-25)15-22(28)24-19(5)20-8-7-16(2)17(3)13-20/h7-8,13,18-19H,6,9-12,14-15H2,1-5H3,(H,23,27)(H,24,28). The Bertz CT molecular complexity index is 669. The first-order valence-electron chi connectivity index (χ1n) is 10.4. The Morgan fingerprint density at radius 2 is 1.46 bits per heavy atom. The van der Waals surface area contributed by atoms with E-state index in [1.165, 1.54) is 11.1 Å². The van der Waals surface area contributed by atoms with Gasteiger partial charge in [0, 0.05) is 32.2 Å². The van der Waals surface area contributed by atoms with Crippen molar-refractivity contribution in [2.24, 2.45) is 0 Å². The summed E-state index contributed by atoms with van der Waals surface area (Å²) in [4.78, 5) is 28.8. The summed E-state index contributed by atoms with van der Waals surface area (Å²) in [7, 11) is 0. The average Bonchev–Trinajstić information content (AvgIpc) is 2.65. The van der Waals surface area contributed by atoms with E-state index in [0.29, 0.717) is 13.1 Å². The molecule has 6 heteroatoms. The summed E-state index contributed by atoms with van der Waals surface area (Å²) in [5.74, 6) is 0.136. The summed E-state index contributed by atoms with van der Waals surface area (Å²) < 4.78 is 0. The third-order valence-electron chi connectivity index (χ3n) is 5.63. The zero-order valence-corrected chi connectivity index (χ0v) is 18.0. The van der Waals surface area contributed by atoms with Crippen LogP contribution in [0.3, 0.4) is 0 Å². The van der Waals surface area contributed by atoms with E-state index in [-0.39, 0.29) is 23.9 Å². The van der Waals surface area contributed by atoms with Crippen molar-refractivity contribution in [1.82, 2.24) is 20.4 Å². The minimum Gasteiger partial charge on any atom is -0.353 e. The maximum absolute atomic E-state index is 12.4. The number of benzene rings is 1. The van der Waals surface area contributed by atoms with Crippen molar-refractivity contribution in [1.29, 1.82) is 0 Å². The van der Waals surface area contributed by atoms with Gasteiger partial charge in [0.2, 0.25) is 11.8 Å². The lowest BCUT2D eigenvalue weighted by Gasteiger charge is -2.34. The Kier molecular flexibility index (Phi) is 8.45. The summed E-state index contributed by atoms with van der Waals surface area (Å²) >= 11 is 0. The number of hydrogen-bond acceptors (Lipinski definition) is 4. The molecule has 1 aromatic carbocycles. The van der Waals surface area contributed by atoms with Crippen molar-refractivity contribution in [2.75, 3.05) is 39.3 Å². The molecule has 1 heterocycles. The minimum atomic E-state index is -0.00246. The minimum absolute atomic E-state index is 0.00246. The smallest absolute Gasteiger partial charge is 0.234 e. The van der Waals surface area contributed by atoms with E-state index >= 15 is 0 Å². The normalized spacial score (nSPS) is 17.8. The van der Waals surface area contributed by atoms with E-state index in [4.69, 9.17) is 0 Å². The van der Waals surface area contributed by atoms with E-state index in [1.807, 2.05) is 13.8 Å². The zero-order chi connectivity index (χ0) is 20.7. The fraction of sp³-hybridized carbons (Fsp3) is 0.636. The predicted molar refractivity (Wildman–Crippen MR) is 113 cm³/mol. The molecule has 0 radical (unpaired) electrons. The number of rotatable bonds is 8. The Labute approximate surface area is 169 Å². The molecule has 2 amide bonds. The molecule has 0 aliphatic carbocycles. The fourth-order valence-electron chi connectivity index (χ4n) is 3.34. The lowest BCUT2D eigenvalue weighted by Crippen LogP contribution is -2.52. The van der Waals surface area contributed by atoms with Gasteiger partial charge < -0.3 is 10.6 Å². The molecule has 0 saturated carbocycles. The van der Waals surface area contributed by atoms with Crippen molar-refractivity contribution in [2.45, 2.75) is 53.1 Å². The van der Waals surface area contributed by atoms with Crippen LogP contribution < -0.4 is 10.6 Å². The second kappa shape index (κ2) is 10.6. The number of hydrogen-bond donors (Lipinski definition) is 2. The maximum atomic E-state index is 12.4. The molecule has 0 aromatic heterocycles. The molecule has 1 aliphatic rings. The van der Waals surface area contributed by atoms with Crippen molar-refractivity contribution >= 4 is 11.8 Å². The number of piperazine rings is 1. The van der Waals surface area contributed by atoms with Crippen molar-refractivity contribution in [3.63, 3.8) is 0 Å². The number of carbonyl (C=O) groups is 2. The summed E-state index contributed by atoms with van der Waals surface area (Å²) in [5, 5.41) is 6.11. The lowest BCUT2D eigenvalue weighted by atomic mass is 10.0. The number of nitrogens with zero attached hydrogens (tertiary/aromatic N) is 2. The van der Waals surface area contributed by atoms with Crippen LogP contribution in [0.25, 0.3) is 0 Å². The topological polar surface area (TPSA) is 64.7 Å². The highest BCUT2D eigenvalue weighted by Crippen LogP contribution is 2.16. The summed E-state index contributed by atoms with van der Waals surface area (Å²) in [5.41, 5.74) is 3.64. The van der Waals surface area contributed by atoms with Gasteiger partial charge in [0.1, 0.15) is 0 Å². The van der Waals surface area contributed by atoms with Gasteiger partial charge in [-0.25, -0.2) is 0 Å². The third kappa shape index (κ3) is 6.91. The van der Waals surface area contributed by atoms with Crippen LogP contribution in [0, 0.1) is 13.8 Å². The zero-order valence-electron chi connectivity index (χ0n) is 18.0. The lowest BCUT2D eigenvalue weighted by molar-refractivity contribution is -0.125. The molecule has 1 fully saturated rings. The molecule has 6 nitrogen and oxygen atoms in total. The van der Waals surface area contributed by atoms with Crippen LogP contribution in [0.15, 0.2) is 18.2 Å². The average molecular weight is 389 g/mol. The summed E-state index contributed by atoms with van der Waals surface area (Å²) in [6.45, 7) is 14.4. The van der Waals surface area contributed by atoms with Gasteiger partial charge in [-0.1, -0.05) is 25.1 Å². The van der Waals surface area contributed by atoms with Crippen LogP contribution in [-0.2, 0) is 9.59 Å². The van der Waals surface area contributed by atoms with Crippen LogP contribution >= 0.6 is 0 Å². The van der Waals surface area contributed by atoms with Crippen molar-refractivity contribution < 1.29 is 9.59 Å². The van der Waals surface area contributed by atoms with Crippen LogP contribution in [-0.4, -0.2) is 66.9 Å². The molecule has 2 N–H and O–H groups in total. The Morgan fingerprint density at radius 3 is 1.96 bits per heavy atom. The molecule has 156 valence electrons. The fourth-order valence-corrected chi connectivity index (χ4v) is 3.34. The second-order valence-electron chi connectivity index (χ2n) is 8.06. The highest BCUT2D eigenvalue weighted by atomic mass is 16.2. The maximum Gasteiger partial charge on any atom is 0.234 e. The number of nitrogens with one attached hydrogen (secondary N) is 2. The first-order chi connectivity index (χ1) is 13.3. The van der Waals surface area contributed by atoms with E-state index in [0.717, 1.165) is 38.2 Å². The first-order valence-corrected chi connectivity index (χ1v) is 10.4. The van der Waals surface area contributed by atoms with Crippen molar-refractivity contribution in [3.05, 3.63) is 34.9 Å². The van der Waals surface area contributed by atoms with Crippen molar-refractivity contribution in [3.8, 4) is 0 Å². The molecule has 1 saturated heterocycles. The Hall–Kier alpha value is -1.92. The van der Waals surface area contributed by atoms with Gasteiger partial charge in [0.15, 0.2) is 0 Å².